The van der Waals surface area contributed by atoms with Crippen LogP contribution in [0, 0.1) is 5.92 Å². The van der Waals surface area contributed by atoms with Gasteiger partial charge >= 0.3 is 6.09 Å². The van der Waals surface area contributed by atoms with Gasteiger partial charge in [-0.05, 0) is 51.6 Å². The molecule has 0 aromatic heterocycles. The van der Waals surface area contributed by atoms with Gasteiger partial charge in [-0.25, -0.2) is 4.79 Å². The van der Waals surface area contributed by atoms with Gasteiger partial charge in [0.25, 0.3) is 0 Å². The highest BCUT2D eigenvalue weighted by Crippen LogP contribution is 2.40. The monoisotopic (exact) mass is 252 g/mol. The molecule has 1 aliphatic carbocycles. The van der Waals surface area contributed by atoms with Gasteiger partial charge < -0.3 is 10.1 Å². The fourth-order valence-electron chi connectivity index (χ4n) is 4.04. The van der Waals surface area contributed by atoms with Crippen molar-refractivity contribution in [2.75, 3.05) is 19.7 Å². The number of nitrogens with one attached hydrogen (secondary N) is 1. The number of carbonyl (C=O) groups excluding carboxylic acids is 1. The Bertz CT molecular complexity index is 322. The third-order valence-corrected chi connectivity index (χ3v) is 5.14. The second-order valence-electron chi connectivity index (χ2n) is 6.24. The summed E-state index contributed by atoms with van der Waals surface area (Å²) in [4.78, 5) is 14.2. The van der Waals surface area contributed by atoms with Crippen LogP contribution in [0.25, 0.3) is 0 Å². The Hall–Kier alpha value is -0.770. The fourth-order valence-corrected chi connectivity index (χ4v) is 4.04. The molecule has 18 heavy (non-hydrogen) atoms. The van der Waals surface area contributed by atoms with Crippen LogP contribution in [0.15, 0.2) is 0 Å². The zero-order valence-corrected chi connectivity index (χ0v) is 11.3. The van der Waals surface area contributed by atoms with Crippen molar-refractivity contribution in [1.29, 1.82) is 0 Å². The highest BCUT2D eigenvalue weighted by atomic mass is 16.6. The molecule has 3 rings (SSSR count). The quantitative estimate of drug-likeness (QED) is 0.818. The summed E-state index contributed by atoms with van der Waals surface area (Å²) >= 11 is 0. The van der Waals surface area contributed by atoms with E-state index in [1.165, 1.54) is 12.8 Å². The Labute approximate surface area is 109 Å². The molecule has 102 valence electrons. The number of carbonyl (C=O) groups is 1. The van der Waals surface area contributed by atoms with E-state index in [0.29, 0.717) is 18.6 Å². The molecule has 2 saturated heterocycles. The summed E-state index contributed by atoms with van der Waals surface area (Å²) in [5.74, 6) is 0.589. The number of amides is 1. The van der Waals surface area contributed by atoms with Crippen LogP contribution in [0.4, 0.5) is 4.79 Å². The lowest BCUT2D eigenvalue weighted by molar-refractivity contribution is 0.0656. The topological polar surface area (TPSA) is 41.6 Å². The molecular weight excluding hydrogens is 228 g/mol. The van der Waals surface area contributed by atoms with E-state index in [-0.39, 0.29) is 11.6 Å². The summed E-state index contributed by atoms with van der Waals surface area (Å²) in [5.41, 5.74) is -0.0613. The predicted octanol–water partition coefficient (Wildman–Crippen LogP) is 2.14. The van der Waals surface area contributed by atoms with Gasteiger partial charge in [-0.1, -0.05) is 12.8 Å². The normalized spacial score (nSPS) is 35.2. The summed E-state index contributed by atoms with van der Waals surface area (Å²) in [5, 5.41) is 3.41. The number of hydrogen-bond donors (Lipinski definition) is 1. The van der Waals surface area contributed by atoms with Crippen LogP contribution in [0.3, 0.4) is 0 Å². The van der Waals surface area contributed by atoms with Crippen molar-refractivity contribution in [3.05, 3.63) is 0 Å². The molecule has 4 nitrogen and oxygen atoms in total. The lowest BCUT2D eigenvalue weighted by atomic mass is 9.78. The van der Waals surface area contributed by atoms with E-state index in [2.05, 4.69) is 17.1 Å². The van der Waals surface area contributed by atoms with E-state index in [1.54, 1.807) is 0 Å². The number of piperidine rings is 1. The molecular formula is C14H24N2O2. The van der Waals surface area contributed by atoms with Crippen molar-refractivity contribution in [3.8, 4) is 0 Å². The highest BCUT2D eigenvalue weighted by Gasteiger charge is 2.51. The van der Waals surface area contributed by atoms with E-state index in [1.807, 2.05) is 0 Å². The van der Waals surface area contributed by atoms with Crippen LogP contribution in [0.5, 0.6) is 0 Å². The Balaban J connectivity index is 1.81. The molecule has 2 aliphatic heterocycles. The van der Waals surface area contributed by atoms with E-state index < -0.39 is 0 Å². The largest absolute Gasteiger partial charge is 0.447 e. The van der Waals surface area contributed by atoms with Crippen LogP contribution in [0.2, 0.25) is 0 Å². The molecule has 1 N–H and O–H groups in total. The molecule has 0 bridgehead atoms. The third-order valence-electron chi connectivity index (χ3n) is 5.14. The molecule has 0 spiro atoms. The highest BCUT2D eigenvalue weighted by molar-refractivity contribution is 5.71. The van der Waals surface area contributed by atoms with Crippen LogP contribution >= 0.6 is 0 Å². The minimum absolute atomic E-state index is 0.0613. The first-order chi connectivity index (χ1) is 8.72. The summed E-state index contributed by atoms with van der Waals surface area (Å²) in [6.45, 7) is 4.99. The Morgan fingerprint density at radius 1 is 1.22 bits per heavy atom. The van der Waals surface area contributed by atoms with E-state index in [9.17, 15) is 4.79 Å². The molecule has 1 saturated carbocycles. The average molecular weight is 252 g/mol. The first kappa shape index (κ1) is 12.3. The van der Waals surface area contributed by atoms with Crippen LogP contribution < -0.4 is 5.32 Å². The number of hydrogen-bond acceptors (Lipinski definition) is 3. The molecule has 1 unspecified atom stereocenters. The van der Waals surface area contributed by atoms with Crippen LogP contribution in [-0.4, -0.2) is 42.3 Å². The molecule has 2 heterocycles. The zero-order chi connectivity index (χ0) is 12.6. The van der Waals surface area contributed by atoms with E-state index >= 15 is 0 Å². The molecule has 1 atom stereocenters. The number of ether oxygens (including phenoxy) is 1. The summed E-state index contributed by atoms with van der Waals surface area (Å²) in [7, 11) is 0. The maximum atomic E-state index is 12.1. The minimum atomic E-state index is -0.0667. The first-order valence-electron chi connectivity index (χ1n) is 7.38. The van der Waals surface area contributed by atoms with Gasteiger partial charge in [0.2, 0.25) is 0 Å². The second kappa shape index (κ2) is 4.72. The predicted molar refractivity (Wildman–Crippen MR) is 69.4 cm³/mol. The Morgan fingerprint density at radius 2 is 1.89 bits per heavy atom. The van der Waals surface area contributed by atoms with Gasteiger partial charge in [-0.15, -0.1) is 0 Å². The summed E-state index contributed by atoms with van der Waals surface area (Å²) < 4.78 is 5.41. The molecule has 0 aromatic carbocycles. The molecule has 3 fully saturated rings. The summed E-state index contributed by atoms with van der Waals surface area (Å²) in [6, 6.07) is 0.430. The lowest BCUT2D eigenvalue weighted by Crippen LogP contribution is -2.56. The zero-order valence-electron chi connectivity index (χ0n) is 11.3. The lowest BCUT2D eigenvalue weighted by Gasteiger charge is -2.43. The molecule has 0 radical (unpaired) electrons. The van der Waals surface area contributed by atoms with Crippen molar-refractivity contribution in [1.82, 2.24) is 10.2 Å². The molecule has 0 aromatic rings. The van der Waals surface area contributed by atoms with Crippen molar-refractivity contribution in [3.63, 3.8) is 0 Å². The van der Waals surface area contributed by atoms with E-state index in [0.717, 1.165) is 38.8 Å². The average Bonchev–Trinajstić information content (AvgIpc) is 3.00. The molecule has 3 aliphatic rings. The van der Waals surface area contributed by atoms with Crippen LogP contribution in [-0.2, 0) is 4.74 Å². The fraction of sp³-hybridized carbons (Fsp3) is 0.929. The third kappa shape index (κ3) is 1.91. The maximum Gasteiger partial charge on any atom is 0.410 e. The number of nitrogens with zero attached hydrogens (tertiary/aromatic N) is 1. The van der Waals surface area contributed by atoms with Crippen molar-refractivity contribution >= 4 is 6.09 Å². The van der Waals surface area contributed by atoms with Gasteiger partial charge in [-0.3, -0.25) is 4.90 Å². The summed E-state index contributed by atoms with van der Waals surface area (Å²) in [6.07, 6.45) is 7.11. The molecule has 1 amide bonds. The van der Waals surface area contributed by atoms with Crippen LogP contribution in [0.1, 0.15) is 45.4 Å². The number of cyclic esters (lactones) is 1. The van der Waals surface area contributed by atoms with Gasteiger partial charge in [0.05, 0.1) is 5.54 Å². The van der Waals surface area contributed by atoms with Gasteiger partial charge in [0.1, 0.15) is 6.61 Å². The maximum absolute atomic E-state index is 12.1. The molecule has 4 heteroatoms. The smallest absolute Gasteiger partial charge is 0.410 e. The first-order valence-corrected chi connectivity index (χ1v) is 7.38. The Kier molecular flexibility index (Phi) is 3.22. The Morgan fingerprint density at radius 3 is 2.56 bits per heavy atom. The van der Waals surface area contributed by atoms with Crippen molar-refractivity contribution in [2.45, 2.75) is 57.0 Å². The van der Waals surface area contributed by atoms with Gasteiger partial charge in [0, 0.05) is 6.04 Å². The van der Waals surface area contributed by atoms with Crippen molar-refractivity contribution < 1.29 is 9.53 Å². The second-order valence-corrected chi connectivity index (χ2v) is 6.24. The van der Waals surface area contributed by atoms with Gasteiger partial charge in [-0.2, -0.15) is 0 Å². The standard InChI is InChI=1S/C14H24N2O2/c1-14(11-6-8-15-9-7-11)10-18-13(17)16(14)12-4-2-3-5-12/h11-12,15H,2-10H2,1H3. The SMILES string of the molecule is CC1(C2CCNCC2)COC(=O)N1C1CCCC1. The number of rotatable bonds is 2. The van der Waals surface area contributed by atoms with E-state index in [4.69, 9.17) is 4.74 Å². The minimum Gasteiger partial charge on any atom is -0.447 e. The van der Waals surface area contributed by atoms with Gasteiger partial charge in [0.15, 0.2) is 0 Å². The van der Waals surface area contributed by atoms with Crippen molar-refractivity contribution in [2.24, 2.45) is 5.92 Å².